The standard InChI is InChI=1S/C19H25N3O3/c1-3-21-9-11-22(12-10-21)19(23)8-7-18-20-14-17(25-18)15-5-4-6-16(13-15)24-2/h4-6,13-14H,3,7-12H2,1-2H3. The molecule has 0 saturated carbocycles. The lowest BCUT2D eigenvalue weighted by Crippen LogP contribution is -2.48. The van der Waals surface area contributed by atoms with Crippen LogP contribution in [-0.4, -0.2) is 60.5 Å². The number of carbonyl (C=O) groups excluding carboxylic acids is 1. The third kappa shape index (κ3) is 4.39. The molecule has 1 amide bonds. The molecular formula is C19H25N3O3. The average Bonchev–Trinajstić information content (AvgIpc) is 3.15. The maximum absolute atomic E-state index is 12.3. The maximum Gasteiger partial charge on any atom is 0.223 e. The topological polar surface area (TPSA) is 58.8 Å². The zero-order valence-electron chi connectivity index (χ0n) is 14.9. The summed E-state index contributed by atoms with van der Waals surface area (Å²) < 4.78 is 11.0. The molecule has 0 spiro atoms. The molecule has 2 aromatic rings. The molecule has 0 unspecified atom stereocenters. The van der Waals surface area contributed by atoms with E-state index < -0.39 is 0 Å². The van der Waals surface area contributed by atoms with E-state index in [1.807, 2.05) is 29.2 Å². The van der Waals surface area contributed by atoms with Crippen LogP contribution in [0.1, 0.15) is 19.2 Å². The van der Waals surface area contributed by atoms with Gasteiger partial charge in [-0.15, -0.1) is 0 Å². The lowest BCUT2D eigenvalue weighted by Gasteiger charge is -2.34. The Morgan fingerprint density at radius 3 is 2.80 bits per heavy atom. The Labute approximate surface area is 148 Å². The molecule has 0 atom stereocenters. The van der Waals surface area contributed by atoms with Crippen molar-refractivity contribution in [2.45, 2.75) is 19.8 Å². The second kappa shape index (κ2) is 8.16. The summed E-state index contributed by atoms with van der Waals surface area (Å²) in [5, 5.41) is 0. The SMILES string of the molecule is CCN1CCN(C(=O)CCc2ncc(-c3cccc(OC)c3)o2)CC1. The van der Waals surface area contributed by atoms with Crippen LogP contribution in [0.5, 0.6) is 5.75 Å². The van der Waals surface area contributed by atoms with E-state index in [2.05, 4.69) is 16.8 Å². The van der Waals surface area contributed by atoms with E-state index in [1.54, 1.807) is 13.3 Å². The zero-order chi connectivity index (χ0) is 17.6. The summed E-state index contributed by atoms with van der Waals surface area (Å²) in [5.74, 6) is 2.24. The number of methoxy groups -OCH3 is 1. The van der Waals surface area contributed by atoms with Gasteiger partial charge in [0.05, 0.1) is 13.3 Å². The Balaban J connectivity index is 1.54. The number of aryl methyl sites for hydroxylation is 1. The normalized spacial score (nSPS) is 15.4. The van der Waals surface area contributed by atoms with Gasteiger partial charge in [0, 0.05) is 44.6 Å². The molecule has 1 aromatic carbocycles. The van der Waals surface area contributed by atoms with Gasteiger partial charge in [0.25, 0.3) is 0 Å². The van der Waals surface area contributed by atoms with Crippen LogP contribution < -0.4 is 4.74 Å². The number of likely N-dealkylation sites (N-methyl/N-ethyl adjacent to an activating group) is 1. The highest BCUT2D eigenvalue weighted by atomic mass is 16.5. The van der Waals surface area contributed by atoms with E-state index in [0.29, 0.717) is 24.5 Å². The Bertz CT molecular complexity index is 705. The summed E-state index contributed by atoms with van der Waals surface area (Å²) in [6.45, 7) is 6.74. The van der Waals surface area contributed by atoms with Gasteiger partial charge >= 0.3 is 0 Å². The number of ether oxygens (including phenoxy) is 1. The number of amides is 1. The molecule has 0 aliphatic carbocycles. The van der Waals surface area contributed by atoms with Crippen LogP contribution in [0, 0.1) is 0 Å². The van der Waals surface area contributed by atoms with Crippen LogP contribution in [0.25, 0.3) is 11.3 Å². The lowest BCUT2D eigenvalue weighted by atomic mass is 10.2. The summed E-state index contributed by atoms with van der Waals surface area (Å²) >= 11 is 0. The molecule has 1 aliphatic rings. The van der Waals surface area contributed by atoms with Gasteiger partial charge in [0.1, 0.15) is 5.75 Å². The molecule has 6 nitrogen and oxygen atoms in total. The summed E-state index contributed by atoms with van der Waals surface area (Å²) in [6.07, 6.45) is 2.66. The van der Waals surface area contributed by atoms with Crippen molar-refractivity contribution in [2.24, 2.45) is 0 Å². The van der Waals surface area contributed by atoms with Gasteiger partial charge in [0.2, 0.25) is 5.91 Å². The number of benzene rings is 1. The van der Waals surface area contributed by atoms with Crippen molar-refractivity contribution in [1.29, 1.82) is 0 Å². The van der Waals surface area contributed by atoms with E-state index >= 15 is 0 Å². The molecule has 1 fully saturated rings. The van der Waals surface area contributed by atoms with Crippen molar-refractivity contribution in [3.05, 3.63) is 36.4 Å². The fraction of sp³-hybridized carbons (Fsp3) is 0.474. The van der Waals surface area contributed by atoms with Crippen LogP contribution in [-0.2, 0) is 11.2 Å². The van der Waals surface area contributed by atoms with Gasteiger partial charge in [0.15, 0.2) is 11.7 Å². The van der Waals surface area contributed by atoms with Crippen molar-refractivity contribution in [3.63, 3.8) is 0 Å². The Kier molecular flexibility index (Phi) is 5.71. The monoisotopic (exact) mass is 343 g/mol. The van der Waals surface area contributed by atoms with Crippen LogP contribution in [0.3, 0.4) is 0 Å². The molecule has 0 bridgehead atoms. The highest BCUT2D eigenvalue weighted by Gasteiger charge is 2.20. The van der Waals surface area contributed by atoms with E-state index in [4.69, 9.17) is 9.15 Å². The summed E-state index contributed by atoms with van der Waals surface area (Å²) in [6, 6.07) is 7.65. The van der Waals surface area contributed by atoms with Crippen molar-refractivity contribution in [3.8, 4) is 17.1 Å². The molecule has 1 aromatic heterocycles. The number of hydrogen-bond donors (Lipinski definition) is 0. The lowest BCUT2D eigenvalue weighted by molar-refractivity contribution is -0.132. The second-order valence-corrected chi connectivity index (χ2v) is 6.17. The molecule has 1 aliphatic heterocycles. The second-order valence-electron chi connectivity index (χ2n) is 6.17. The van der Waals surface area contributed by atoms with Crippen LogP contribution in [0.15, 0.2) is 34.9 Å². The zero-order valence-corrected chi connectivity index (χ0v) is 14.9. The van der Waals surface area contributed by atoms with Gasteiger partial charge < -0.3 is 19.0 Å². The number of aromatic nitrogens is 1. The quantitative estimate of drug-likeness (QED) is 0.806. The third-order valence-corrected chi connectivity index (χ3v) is 4.63. The van der Waals surface area contributed by atoms with Crippen LogP contribution in [0.2, 0.25) is 0 Å². The van der Waals surface area contributed by atoms with Gasteiger partial charge in [-0.1, -0.05) is 19.1 Å². The largest absolute Gasteiger partial charge is 0.497 e. The minimum absolute atomic E-state index is 0.178. The average molecular weight is 343 g/mol. The van der Waals surface area contributed by atoms with Crippen LogP contribution >= 0.6 is 0 Å². The first-order chi connectivity index (χ1) is 12.2. The third-order valence-electron chi connectivity index (χ3n) is 4.63. The fourth-order valence-corrected chi connectivity index (χ4v) is 3.02. The van der Waals surface area contributed by atoms with E-state index in [-0.39, 0.29) is 5.91 Å². The van der Waals surface area contributed by atoms with Crippen molar-refractivity contribution in [1.82, 2.24) is 14.8 Å². The molecule has 134 valence electrons. The number of hydrogen-bond acceptors (Lipinski definition) is 5. The predicted molar refractivity (Wildman–Crippen MR) is 95.5 cm³/mol. The first kappa shape index (κ1) is 17.5. The molecule has 6 heteroatoms. The van der Waals surface area contributed by atoms with Crippen LogP contribution in [0.4, 0.5) is 0 Å². The molecule has 2 heterocycles. The fourth-order valence-electron chi connectivity index (χ4n) is 3.02. The summed E-state index contributed by atoms with van der Waals surface area (Å²) in [5.41, 5.74) is 0.917. The first-order valence-electron chi connectivity index (χ1n) is 8.79. The van der Waals surface area contributed by atoms with Gasteiger partial charge in [-0.05, 0) is 18.7 Å². The van der Waals surface area contributed by atoms with Gasteiger partial charge in [-0.25, -0.2) is 4.98 Å². The predicted octanol–water partition coefficient (Wildman–Crippen LogP) is 2.45. The summed E-state index contributed by atoms with van der Waals surface area (Å²) in [7, 11) is 1.64. The summed E-state index contributed by atoms with van der Waals surface area (Å²) in [4.78, 5) is 21.0. The number of nitrogens with zero attached hydrogens (tertiary/aromatic N) is 3. The highest BCUT2D eigenvalue weighted by molar-refractivity contribution is 5.76. The number of oxazole rings is 1. The minimum atomic E-state index is 0.178. The molecule has 0 radical (unpaired) electrons. The smallest absolute Gasteiger partial charge is 0.223 e. The number of carbonyl (C=O) groups is 1. The van der Waals surface area contributed by atoms with E-state index in [0.717, 1.165) is 44.0 Å². The van der Waals surface area contributed by atoms with Crippen molar-refractivity contribution >= 4 is 5.91 Å². The highest BCUT2D eigenvalue weighted by Crippen LogP contribution is 2.24. The van der Waals surface area contributed by atoms with Crippen molar-refractivity contribution < 1.29 is 13.9 Å². The molecule has 3 rings (SSSR count). The Hall–Kier alpha value is -2.34. The molecule has 1 saturated heterocycles. The van der Waals surface area contributed by atoms with Gasteiger partial charge in [-0.3, -0.25) is 4.79 Å². The Morgan fingerprint density at radius 1 is 1.28 bits per heavy atom. The number of rotatable bonds is 6. The minimum Gasteiger partial charge on any atom is -0.497 e. The number of piperazine rings is 1. The molecular weight excluding hydrogens is 318 g/mol. The molecule has 0 N–H and O–H groups in total. The van der Waals surface area contributed by atoms with Gasteiger partial charge in [-0.2, -0.15) is 0 Å². The first-order valence-corrected chi connectivity index (χ1v) is 8.79. The van der Waals surface area contributed by atoms with E-state index in [1.165, 1.54) is 0 Å². The maximum atomic E-state index is 12.3. The van der Waals surface area contributed by atoms with Crippen molar-refractivity contribution in [2.75, 3.05) is 39.8 Å². The Morgan fingerprint density at radius 2 is 2.08 bits per heavy atom. The van der Waals surface area contributed by atoms with E-state index in [9.17, 15) is 4.79 Å². The molecule has 25 heavy (non-hydrogen) atoms.